The molecule has 1 aromatic heterocycles. The van der Waals surface area contributed by atoms with E-state index in [1.54, 1.807) is 4.90 Å². The number of aliphatic hydroxyl groups is 1. The summed E-state index contributed by atoms with van der Waals surface area (Å²) in [5, 5.41) is 16.9. The lowest BCUT2D eigenvalue weighted by molar-refractivity contribution is 0.152. The number of nitrogens with one attached hydrogen (secondary N) is 1. The van der Waals surface area contributed by atoms with Gasteiger partial charge >= 0.3 is 6.03 Å². The summed E-state index contributed by atoms with van der Waals surface area (Å²) in [5.41, 5.74) is 0. The number of fused-ring (bicyclic) bond motifs is 1. The van der Waals surface area contributed by atoms with Crippen molar-refractivity contribution in [1.82, 2.24) is 25.0 Å². The van der Waals surface area contributed by atoms with Crippen LogP contribution in [-0.4, -0.2) is 50.0 Å². The van der Waals surface area contributed by atoms with E-state index < -0.39 is 0 Å². The quantitative estimate of drug-likeness (QED) is 0.865. The van der Waals surface area contributed by atoms with E-state index in [-0.39, 0.29) is 24.7 Å². The first kappa shape index (κ1) is 14.3. The Kier molecular flexibility index (Phi) is 4.10. The van der Waals surface area contributed by atoms with E-state index in [0.717, 1.165) is 56.8 Å². The number of amides is 2. The van der Waals surface area contributed by atoms with E-state index in [4.69, 9.17) is 0 Å². The second kappa shape index (κ2) is 6.01. The number of aryl methyl sites for hydroxylation is 2. The molecule has 2 aliphatic heterocycles. The van der Waals surface area contributed by atoms with Crippen LogP contribution >= 0.6 is 0 Å². The van der Waals surface area contributed by atoms with Crippen LogP contribution in [0.5, 0.6) is 0 Å². The van der Waals surface area contributed by atoms with Gasteiger partial charge in [0.25, 0.3) is 0 Å². The molecule has 0 radical (unpaired) electrons. The molecule has 1 unspecified atom stereocenters. The summed E-state index contributed by atoms with van der Waals surface area (Å²) in [6, 6.07) is -0.206. The number of likely N-dealkylation sites (tertiary alicyclic amines) is 1. The van der Waals surface area contributed by atoms with E-state index in [1.807, 2.05) is 11.6 Å². The zero-order valence-corrected chi connectivity index (χ0v) is 12.5. The Hall–Kier alpha value is -1.63. The summed E-state index contributed by atoms with van der Waals surface area (Å²) in [6.07, 6.45) is 4.53. The highest BCUT2D eigenvalue weighted by Gasteiger charge is 2.31. The Morgan fingerprint density at radius 3 is 2.95 bits per heavy atom. The van der Waals surface area contributed by atoms with E-state index in [9.17, 15) is 9.90 Å². The van der Waals surface area contributed by atoms with Gasteiger partial charge in [0.05, 0.1) is 18.7 Å². The van der Waals surface area contributed by atoms with Gasteiger partial charge < -0.3 is 15.3 Å². The van der Waals surface area contributed by atoms with E-state index >= 15 is 0 Å². The first-order valence-corrected chi connectivity index (χ1v) is 7.84. The Morgan fingerprint density at radius 2 is 2.19 bits per heavy atom. The molecule has 0 aliphatic carbocycles. The summed E-state index contributed by atoms with van der Waals surface area (Å²) in [4.78, 5) is 18.7. The van der Waals surface area contributed by atoms with Crippen LogP contribution in [0.4, 0.5) is 4.79 Å². The zero-order chi connectivity index (χ0) is 14.8. The number of urea groups is 1. The lowest BCUT2D eigenvalue weighted by Gasteiger charge is -2.28. The Labute approximate surface area is 124 Å². The van der Waals surface area contributed by atoms with Gasteiger partial charge in [0.15, 0.2) is 5.82 Å². The molecule has 7 heteroatoms. The number of hydrogen-bond acceptors (Lipinski definition) is 4. The fourth-order valence-electron chi connectivity index (χ4n) is 3.21. The fraction of sp³-hybridized carbons (Fsp3) is 0.786. The minimum Gasteiger partial charge on any atom is -0.394 e. The molecule has 2 amide bonds. The summed E-state index contributed by atoms with van der Waals surface area (Å²) in [7, 11) is 0. The maximum absolute atomic E-state index is 12.4. The van der Waals surface area contributed by atoms with Crippen LogP contribution < -0.4 is 5.32 Å². The molecular weight excluding hydrogens is 270 g/mol. The van der Waals surface area contributed by atoms with Gasteiger partial charge in [-0.2, -0.15) is 5.10 Å². The van der Waals surface area contributed by atoms with E-state index in [1.165, 1.54) is 0 Å². The second-order valence-corrected chi connectivity index (χ2v) is 5.78. The molecule has 21 heavy (non-hydrogen) atoms. The van der Waals surface area contributed by atoms with Crippen molar-refractivity contribution in [3.63, 3.8) is 0 Å². The van der Waals surface area contributed by atoms with Crippen LogP contribution in [-0.2, 0) is 13.0 Å². The summed E-state index contributed by atoms with van der Waals surface area (Å²) in [6.45, 7) is 3.66. The molecule has 3 heterocycles. The normalized spacial score (nSPS) is 25.0. The fourth-order valence-corrected chi connectivity index (χ4v) is 3.21. The predicted octanol–water partition coefficient (Wildman–Crippen LogP) is 0.842. The number of aliphatic hydroxyl groups excluding tert-OH is 1. The first-order valence-electron chi connectivity index (χ1n) is 7.84. The minimum absolute atomic E-state index is 0.0360. The van der Waals surface area contributed by atoms with Crippen LogP contribution in [0.3, 0.4) is 0 Å². The molecule has 1 aromatic rings. The first-order chi connectivity index (χ1) is 10.2. The predicted molar refractivity (Wildman–Crippen MR) is 76.7 cm³/mol. The minimum atomic E-state index is -0.0916. The van der Waals surface area contributed by atoms with Gasteiger partial charge in [0, 0.05) is 19.5 Å². The van der Waals surface area contributed by atoms with E-state index in [0.29, 0.717) is 0 Å². The largest absolute Gasteiger partial charge is 0.394 e. The third-order valence-corrected chi connectivity index (χ3v) is 4.38. The van der Waals surface area contributed by atoms with Crippen molar-refractivity contribution in [1.29, 1.82) is 0 Å². The molecule has 0 spiro atoms. The average Bonchev–Trinajstić information content (AvgIpc) is 3.13. The van der Waals surface area contributed by atoms with Crippen LogP contribution in [0, 0.1) is 0 Å². The molecule has 2 N–H and O–H groups in total. The molecule has 2 aliphatic rings. The van der Waals surface area contributed by atoms with Crippen molar-refractivity contribution in [3.05, 3.63) is 11.6 Å². The third kappa shape index (κ3) is 2.74. The van der Waals surface area contributed by atoms with Crippen molar-refractivity contribution in [3.8, 4) is 0 Å². The standard InChI is InChI=1S/C14H23N5O2/c1-2-12-16-13-11(6-4-8-19(13)17-12)15-14(21)18-7-3-5-10(18)9-20/h10-11,20H,2-9H2,1H3,(H,15,21)/t10-,11?/m1/s1. The molecule has 1 saturated heterocycles. The monoisotopic (exact) mass is 293 g/mol. The highest BCUT2D eigenvalue weighted by molar-refractivity contribution is 5.75. The molecule has 3 rings (SSSR count). The number of carbonyl (C=O) groups excluding carboxylic acids is 1. The van der Waals surface area contributed by atoms with Crippen LogP contribution in [0.1, 0.15) is 50.3 Å². The summed E-state index contributed by atoms with van der Waals surface area (Å²) in [5.74, 6) is 1.70. The average molecular weight is 293 g/mol. The molecule has 0 saturated carbocycles. The van der Waals surface area contributed by atoms with Gasteiger partial charge in [-0.25, -0.2) is 14.5 Å². The van der Waals surface area contributed by atoms with Crippen LogP contribution in [0.2, 0.25) is 0 Å². The number of rotatable bonds is 3. The highest BCUT2D eigenvalue weighted by Crippen LogP contribution is 2.24. The summed E-state index contributed by atoms with van der Waals surface area (Å²) >= 11 is 0. The Morgan fingerprint density at radius 1 is 1.38 bits per heavy atom. The number of hydrogen-bond donors (Lipinski definition) is 2. The van der Waals surface area contributed by atoms with Crippen molar-refractivity contribution in [2.75, 3.05) is 13.2 Å². The van der Waals surface area contributed by atoms with Gasteiger partial charge in [0.2, 0.25) is 0 Å². The Bertz CT molecular complexity index is 515. The molecule has 0 bridgehead atoms. The Balaban J connectivity index is 1.71. The lowest BCUT2D eigenvalue weighted by Crippen LogP contribution is -2.46. The van der Waals surface area contributed by atoms with Crippen LogP contribution in [0.25, 0.3) is 0 Å². The highest BCUT2D eigenvalue weighted by atomic mass is 16.3. The molecule has 7 nitrogen and oxygen atoms in total. The maximum atomic E-state index is 12.4. The zero-order valence-electron chi connectivity index (χ0n) is 12.5. The van der Waals surface area contributed by atoms with Crippen molar-refractivity contribution in [2.24, 2.45) is 0 Å². The SMILES string of the molecule is CCc1nc2n(n1)CCCC2NC(=O)N1CCC[C@@H]1CO. The topological polar surface area (TPSA) is 83.3 Å². The van der Waals surface area contributed by atoms with Crippen molar-refractivity contribution in [2.45, 2.75) is 57.7 Å². The number of nitrogens with zero attached hydrogens (tertiary/aromatic N) is 4. The third-order valence-electron chi connectivity index (χ3n) is 4.38. The van der Waals surface area contributed by atoms with Crippen molar-refractivity contribution < 1.29 is 9.90 Å². The summed E-state index contributed by atoms with van der Waals surface area (Å²) < 4.78 is 1.92. The molecular formula is C14H23N5O2. The van der Waals surface area contributed by atoms with Crippen LogP contribution in [0.15, 0.2) is 0 Å². The number of carbonyl (C=O) groups is 1. The molecule has 2 atom stereocenters. The molecule has 1 fully saturated rings. The molecule has 0 aromatic carbocycles. The number of aromatic nitrogens is 3. The second-order valence-electron chi connectivity index (χ2n) is 5.78. The van der Waals surface area contributed by atoms with E-state index in [2.05, 4.69) is 15.4 Å². The van der Waals surface area contributed by atoms with Crippen molar-refractivity contribution >= 4 is 6.03 Å². The maximum Gasteiger partial charge on any atom is 0.318 e. The van der Waals surface area contributed by atoms with Gasteiger partial charge in [0.1, 0.15) is 5.82 Å². The van der Waals surface area contributed by atoms with Gasteiger partial charge in [-0.1, -0.05) is 6.92 Å². The smallest absolute Gasteiger partial charge is 0.318 e. The van der Waals surface area contributed by atoms with Gasteiger partial charge in [-0.15, -0.1) is 0 Å². The van der Waals surface area contributed by atoms with Gasteiger partial charge in [-0.3, -0.25) is 0 Å². The molecule has 116 valence electrons. The van der Waals surface area contributed by atoms with Gasteiger partial charge in [-0.05, 0) is 25.7 Å². The lowest BCUT2D eigenvalue weighted by atomic mass is 10.1.